The molecule has 0 bridgehead atoms. The smallest absolute Gasteiger partial charge is 0.137 e. The lowest BCUT2D eigenvalue weighted by atomic mass is 9.97. The number of hydrogen-bond acceptors (Lipinski definition) is 2. The molecule has 0 saturated heterocycles. The summed E-state index contributed by atoms with van der Waals surface area (Å²) >= 11 is 3.39. The molecule has 0 fully saturated rings. The number of hydrogen-bond donors (Lipinski definition) is 1. The lowest BCUT2D eigenvalue weighted by molar-refractivity contribution is -0.118. The largest absolute Gasteiger partial charge is 0.398 e. The molecule has 0 radical (unpaired) electrons. The Bertz CT molecular complexity index is 401. The van der Waals surface area contributed by atoms with Crippen molar-refractivity contribution in [2.24, 2.45) is 0 Å². The van der Waals surface area contributed by atoms with E-state index in [9.17, 15) is 4.79 Å². The van der Waals surface area contributed by atoms with Crippen LogP contribution < -0.4 is 5.73 Å². The van der Waals surface area contributed by atoms with E-state index in [0.717, 1.165) is 28.6 Å². The molecule has 14 heavy (non-hydrogen) atoms. The van der Waals surface area contributed by atoms with Crippen molar-refractivity contribution < 1.29 is 4.79 Å². The Morgan fingerprint density at radius 2 is 2.29 bits per heavy atom. The minimum atomic E-state index is 0.0851. The van der Waals surface area contributed by atoms with Crippen molar-refractivity contribution in [3.8, 4) is 0 Å². The third kappa shape index (κ3) is 1.46. The lowest BCUT2D eigenvalue weighted by Gasteiger charge is -2.08. The summed E-state index contributed by atoms with van der Waals surface area (Å²) < 4.78 is 0.893. The standard InChI is InChI=1S/C11H12BrNO/c1-6(14)8-3-2-7-4-11(13)10(12)5-9(7)8/h4-5,8H,2-3,13H2,1H3. The molecule has 0 aliphatic heterocycles. The predicted molar refractivity (Wildman–Crippen MR) is 60.3 cm³/mol. The van der Waals surface area contributed by atoms with Gasteiger partial charge in [0.2, 0.25) is 0 Å². The Morgan fingerprint density at radius 1 is 1.57 bits per heavy atom. The summed E-state index contributed by atoms with van der Waals surface area (Å²) in [5.74, 6) is 0.335. The number of Topliss-reactive ketones (excluding diaryl/α,β-unsaturated/α-hetero) is 1. The molecule has 0 heterocycles. The van der Waals surface area contributed by atoms with E-state index in [0.29, 0.717) is 0 Å². The second kappa shape index (κ2) is 3.39. The van der Waals surface area contributed by atoms with E-state index >= 15 is 0 Å². The summed E-state index contributed by atoms with van der Waals surface area (Å²) in [6.45, 7) is 1.66. The van der Waals surface area contributed by atoms with Crippen LogP contribution in [0, 0.1) is 0 Å². The van der Waals surface area contributed by atoms with Crippen molar-refractivity contribution in [2.45, 2.75) is 25.7 Å². The molecule has 1 aromatic rings. The molecule has 1 aliphatic rings. The van der Waals surface area contributed by atoms with Gasteiger partial charge in [0.25, 0.3) is 0 Å². The van der Waals surface area contributed by atoms with Crippen LogP contribution in [0.4, 0.5) is 5.69 Å². The number of aryl methyl sites for hydroxylation is 1. The summed E-state index contributed by atoms with van der Waals surface area (Å²) in [6, 6.07) is 3.96. The van der Waals surface area contributed by atoms with Gasteiger partial charge in [-0.15, -0.1) is 0 Å². The molecule has 2 rings (SSSR count). The number of carbonyl (C=O) groups excluding carboxylic acids is 1. The first kappa shape index (κ1) is 9.71. The maximum atomic E-state index is 11.4. The molecule has 1 aliphatic carbocycles. The van der Waals surface area contributed by atoms with Gasteiger partial charge in [-0.25, -0.2) is 0 Å². The molecular weight excluding hydrogens is 242 g/mol. The number of anilines is 1. The fraction of sp³-hybridized carbons (Fsp3) is 0.364. The first-order chi connectivity index (χ1) is 6.59. The second-order valence-electron chi connectivity index (χ2n) is 3.77. The molecule has 1 atom stereocenters. The lowest BCUT2D eigenvalue weighted by Crippen LogP contribution is -2.04. The van der Waals surface area contributed by atoms with Gasteiger partial charge in [0.1, 0.15) is 5.78 Å². The number of benzene rings is 1. The van der Waals surface area contributed by atoms with E-state index in [-0.39, 0.29) is 11.7 Å². The monoisotopic (exact) mass is 253 g/mol. The van der Waals surface area contributed by atoms with Gasteiger partial charge in [-0.3, -0.25) is 4.79 Å². The van der Waals surface area contributed by atoms with Crippen LogP contribution in [0.3, 0.4) is 0 Å². The summed E-state index contributed by atoms with van der Waals surface area (Å²) in [7, 11) is 0. The van der Waals surface area contributed by atoms with Crippen molar-refractivity contribution in [2.75, 3.05) is 5.73 Å². The summed E-state index contributed by atoms with van der Waals surface area (Å²) in [5.41, 5.74) is 8.92. The summed E-state index contributed by atoms with van der Waals surface area (Å²) in [6.07, 6.45) is 1.90. The predicted octanol–water partition coefficient (Wildman–Crippen LogP) is 2.65. The Hall–Kier alpha value is -0.830. The fourth-order valence-electron chi connectivity index (χ4n) is 2.07. The number of nitrogens with two attached hydrogens (primary N) is 1. The number of fused-ring (bicyclic) bond motifs is 1. The van der Waals surface area contributed by atoms with Gasteiger partial charge in [0.05, 0.1) is 0 Å². The quantitative estimate of drug-likeness (QED) is 0.783. The van der Waals surface area contributed by atoms with Crippen LogP contribution in [0.5, 0.6) is 0 Å². The van der Waals surface area contributed by atoms with Crippen LogP contribution in [-0.2, 0) is 11.2 Å². The Labute approximate surface area is 91.6 Å². The number of nitrogen functional groups attached to an aromatic ring is 1. The van der Waals surface area contributed by atoms with Crippen LogP contribution >= 0.6 is 15.9 Å². The molecule has 0 saturated carbocycles. The molecule has 0 spiro atoms. The SMILES string of the molecule is CC(=O)C1CCc2cc(N)c(Br)cc21. The molecular formula is C11H12BrNO. The van der Waals surface area contributed by atoms with E-state index in [1.54, 1.807) is 6.92 Å². The van der Waals surface area contributed by atoms with Crippen LogP contribution in [-0.4, -0.2) is 5.78 Å². The maximum Gasteiger partial charge on any atom is 0.137 e. The van der Waals surface area contributed by atoms with Gasteiger partial charge >= 0.3 is 0 Å². The van der Waals surface area contributed by atoms with Gasteiger partial charge < -0.3 is 5.73 Å². The molecule has 2 nitrogen and oxygen atoms in total. The Balaban J connectivity index is 2.50. The molecule has 74 valence electrons. The van der Waals surface area contributed by atoms with Gasteiger partial charge in [0.15, 0.2) is 0 Å². The van der Waals surface area contributed by atoms with Crippen molar-refractivity contribution in [1.29, 1.82) is 0 Å². The topological polar surface area (TPSA) is 43.1 Å². The van der Waals surface area contributed by atoms with Gasteiger partial charge in [-0.05, 0) is 59.0 Å². The summed E-state index contributed by atoms with van der Waals surface area (Å²) in [4.78, 5) is 11.4. The van der Waals surface area contributed by atoms with E-state index < -0.39 is 0 Å². The van der Waals surface area contributed by atoms with Crippen molar-refractivity contribution in [3.05, 3.63) is 27.7 Å². The second-order valence-corrected chi connectivity index (χ2v) is 4.63. The first-order valence-corrected chi connectivity index (χ1v) is 5.47. The van der Waals surface area contributed by atoms with Crippen LogP contribution in [0.2, 0.25) is 0 Å². The first-order valence-electron chi connectivity index (χ1n) is 4.68. The van der Waals surface area contributed by atoms with E-state index in [1.807, 2.05) is 12.1 Å². The van der Waals surface area contributed by atoms with Gasteiger partial charge in [-0.2, -0.15) is 0 Å². The maximum absolute atomic E-state index is 11.4. The van der Waals surface area contributed by atoms with Crippen LogP contribution in [0.1, 0.15) is 30.4 Å². The van der Waals surface area contributed by atoms with Crippen molar-refractivity contribution in [3.63, 3.8) is 0 Å². The van der Waals surface area contributed by atoms with Gasteiger partial charge in [0, 0.05) is 16.1 Å². The normalized spacial score (nSPS) is 19.4. The summed E-state index contributed by atoms with van der Waals surface area (Å²) in [5, 5.41) is 0. The molecule has 3 heteroatoms. The Kier molecular flexibility index (Phi) is 2.35. The average molecular weight is 254 g/mol. The molecule has 2 N–H and O–H groups in total. The molecule has 1 aromatic carbocycles. The highest BCUT2D eigenvalue weighted by molar-refractivity contribution is 9.10. The molecule has 0 aromatic heterocycles. The molecule has 1 unspecified atom stereocenters. The zero-order chi connectivity index (χ0) is 10.3. The molecule has 0 amide bonds. The van der Waals surface area contributed by atoms with Crippen molar-refractivity contribution >= 4 is 27.4 Å². The highest BCUT2D eigenvalue weighted by atomic mass is 79.9. The average Bonchev–Trinajstić information content (AvgIpc) is 2.48. The Morgan fingerprint density at radius 3 is 2.93 bits per heavy atom. The van der Waals surface area contributed by atoms with E-state index in [4.69, 9.17) is 5.73 Å². The van der Waals surface area contributed by atoms with E-state index in [2.05, 4.69) is 15.9 Å². The number of rotatable bonds is 1. The van der Waals surface area contributed by atoms with E-state index in [1.165, 1.54) is 5.56 Å². The highest BCUT2D eigenvalue weighted by Crippen LogP contribution is 2.37. The highest BCUT2D eigenvalue weighted by Gasteiger charge is 2.26. The minimum Gasteiger partial charge on any atom is -0.398 e. The number of carbonyl (C=O) groups is 1. The zero-order valence-electron chi connectivity index (χ0n) is 8.01. The zero-order valence-corrected chi connectivity index (χ0v) is 9.60. The van der Waals surface area contributed by atoms with Gasteiger partial charge in [-0.1, -0.05) is 0 Å². The third-order valence-corrected chi connectivity index (χ3v) is 3.51. The van der Waals surface area contributed by atoms with Crippen LogP contribution in [0.25, 0.3) is 0 Å². The third-order valence-electron chi connectivity index (χ3n) is 2.83. The van der Waals surface area contributed by atoms with Crippen molar-refractivity contribution in [1.82, 2.24) is 0 Å². The fourth-order valence-corrected chi connectivity index (χ4v) is 2.43. The van der Waals surface area contributed by atoms with Crippen LogP contribution in [0.15, 0.2) is 16.6 Å². The number of ketones is 1. The minimum absolute atomic E-state index is 0.0851. The number of halogens is 1.